The SMILES string of the molecule is COc1cccc(N2C[C@@H](NC(=O)NCCCN3CCCC3=O)CC2=O)c1. The number of nitrogens with zero attached hydrogens (tertiary/aromatic N) is 2. The molecule has 1 aromatic rings. The monoisotopic (exact) mass is 374 g/mol. The van der Waals surface area contributed by atoms with Crippen molar-refractivity contribution in [3.05, 3.63) is 24.3 Å². The molecule has 0 aromatic heterocycles. The van der Waals surface area contributed by atoms with E-state index in [4.69, 9.17) is 4.74 Å². The first kappa shape index (κ1) is 19.0. The largest absolute Gasteiger partial charge is 0.497 e. The quantitative estimate of drug-likeness (QED) is 0.700. The molecule has 2 aliphatic rings. The van der Waals surface area contributed by atoms with Gasteiger partial charge in [0, 0.05) is 50.8 Å². The number of carbonyl (C=O) groups excluding carboxylic acids is 3. The zero-order chi connectivity index (χ0) is 19.2. The van der Waals surface area contributed by atoms with E-state index in [1.807, 2.05) is 23.1 Å². The van der Waals surface area contributed by atoms with Gasteiger partial charge in [-0.2, -0.15) is 0 Å². The predicted octanol–water partition coefficient (Wildman–Crippen LogP) is 1.11. The van der Waals surface area contributed by atoms with Crippen LogP contribution in [0.3, 0.4) is 0 Å². The van der Waals surface area contributed by atoms with Crippen molar-refractivity contribution in [2.75, 3.05) is 38.2 Å². The minimum atomic E-state index is -0.284. The number of amides is 4. The van der Waals surface area contributed by atoms with Crippen molar-refractivity contribution in [2.24, 2.45) is 0 Å². The number of hydrogen-bond donors (Lipinski definition) is 2. The van der Waals surface area contributed by atoms with Crippen molar-refractivity contribution >= 4 is 23.5 Å². The maximum atomic E-state index is 12.3. The fraction of sp³-hybridized carbons (Fsp3) is 0.526. The van der Waals surface area contributed by atoms with E-state index in [9.17, 15) is 14.4 Å². The molecule has 2 saturated heterocycles. The van der Waals surface area contributed by atoms with Crippen LogP contribution < -0.4 is 20.3 Å². The van der Waals surface area contributed by atoms with Crippen LogP contribution in [0.5, 0.6) is 5.75 Å². The lowest BCUT2D eigenvalue weighted by atomic mass is 10.2. The fourth-order valence-corrected chi connectivity index (χ4v) is 3.48. The fourth-order valence-electron chi connectivity index (χ4n) is 3.48. The summed E-state index contributed by atoms with van der Waals surface area (Å²) in [5.41, 5.74) is 0.763. The zero-order valence-electron chi connectivity index (χ0n) is 15.6. The molecule has 2 heterocycles. The smallest absolute Gasteiger partial charge is 0.315 e. The third-order valence-electron chi connectivity index (χ3n) is 4.89. The summed E-state index contributed by atoms with van der Waals surface area (Å²) >= 11 is 0. The lowest BCUT2D eigenvalue weighted by Gasteiger charge is -2.18. The van der Waals surface area contributed by atoms with E-state index >= 15 is 0 Å². The van der Waals surface area contributed by atoms with Gasteiger partial charge in [0.15, 0.2) is 0 Å². The van der Waals surface area contributed by atoms with E-state index in [0.29, 0.717) is 31.8 Å². The normalized spacial score (nSPS) is 19.5. The molecule has 0 unspecified atom stereocenters. The summed E-state index contributed by atoms with van der Waals surface area (Å²) in [5.74, 6) is 0.855. The van der Waals surface area contributed by atoms with Gasteiger partial charge in [0.1, 0.15) is 5.75 Å². The van der Waals surface area contributed by atoms with E-state index in [2.05, 4.69) is 10.6 Å². The summed E-state index contributed by atoms with van der Waals surface area (Å²) in [5, 5.41) is 5.65. The van der Waals surface area contributed by atoms with Crippen LogP contribution in [0.4, 0.5) is 10.5 Å². The lowest BCUT2D eigenvalue weighted by Crippen LogP contribution is -2.44. The van der Waals surface area contributed by atoms with Crippen LogP contribution in [0.2, 0.25) is 0 Å². The third-order valence-corrected chi connectivity index (χ3v) is 4.89. The maximum Gasteiger partial charge on any atom is 0.315 e. The number of ether oxygens (including phenoxy) is 1. The molecule has 2 N–H and O–H groups in total. The van der Waals surface area contributed by atoms with Crippen LogP contribution in [0, 0.1) is 0 Å². The van der Waals surface area contributed by atoms with Crippen LogP contribution in [0.15, 0.2) is 24.3 Å². The summed E-state index contributed by atoms with van der Waals surface area (Å²) in [6.07, 6.45) is 2.55. The molecule has 0 radical (unpaired) electrons. The summed E-state index contributed by atoms with van der Waals surface area (Å²) in [4.78, 5) is 39.4. The van der Waals surface area contributed by atoms with Crippen LogP contribution in [0.25, 0.3) is 0 Å². The van der Waals surface area contributed by atoms with Crippen LogP contribution in [0.1, 0.15) is 25.7 Å². The number of methoxy groups -OCH3 is 1. The molecule has 3 rings (SSSR count). The molecule has 1 aromatic carbocycles. The molecule has 0 saturated carbocycles. The first-order chi connectivity index (χ1) is 13.1. The van der Waals surface area contributed by atoms with Crippen molar-refractivity contribution < 1.29 is 19.1 Å². The number of urea groups is 1. The molecule has 0 bridgehead atoms. The lowest BCUT2D eigenvalue weighted by molar-refractivity contribution is -0.127. The Kier molecular flexibility index (Phi) is 6.16. The van der Waals surface area contributed by atoms with Gasteiger partial charge in [-0.25, -0.2) is 4.79 Å². The van der Waals surface area contributed by atoms with Gasteiger partial charge in [-0.05, 0) is 25.0 Å². The highest BCUT2D eigenvalue weighted by Crippen LogP contribution is 2.25. The predicted molar refractivity (Wildman–Crippen MR) is 101 cm³/mol. The molecule has 146 valence electrons. The average Bonchev–Trinajstić information content (AvgIpc) is 3.24. The van der Waals surface area contributed by atoms with Crippen LogP contribution in [-0.4, -0.2) is 62.1 Å². The topological polar surface area (TPSA) is 91.0 Å². The highest BCUT2D eigenvalue weighted by atomic mass is 16.5. The van der Waals surface area contributed by atoms with Gasteiger partial charge < -0.3 is 25.2 Å². The standard InChI is InChI=1S/C19H26N4O4/c1-27-16-6-2-5-15(12-16)23-13-14(11-18(23)25)21-19(26)20-8-4-10-22-9-3-7-17(22)24/h2,5-6,12,14H,3-4,7-11,13H2,1H3,(H2,20,21,26)/t14-/m0/s1. The molecule has 0 aliphatic carbocycles. The second-order valence-corrected chi connectivity index (χ2v) is 6.85. The van der Waals surface area contributed by atoms with Gasteiger partial charge >= 0.3 is 6.03 Å². The molecule has 2 aliphatic heterocycles. The molecule has 1 atom stereocenters. The van der Waals surface area contributed by atoms with Crippen molar-refractivity contribution in [3.63, 3.8) is 0 Å². The Morgan fingerprint density at radius 1 is 1.30 bits per heavy atom. The van der Waals surface area contributed by atoms with Gasteiger partial charge in [-0.15, -0.1) is 0 Å². The number of likely N-dealkylation sites (tertiary alicyclic amines) is 1. The van der Waals surface area contributed by atoms with Gasteiger partial charge in [0.2, 0.25) is 11.8 Å². The van der Waals surface area contributed by atoms with Gasteiger partial charge in [-0.1, -0.05) is 6.07 Å². The zero-order valence-corrected chi connectivity index (χ0v) is 15.6. The van der Waals surface area contributed by atoms with E-state index in [1.54, 1.807) is 18.1 Å². The molecule has 0 spiro atoms. The summed E-state index contributed by atoms with van der Waals surface area (Å²) < 4.78 is 5.20. The van der Waals surface area contributed by atoms with Crippen molar-refractivity contribution in [2.45, 2.75) is 31.7 Å². The van der Waals surface area contributed by atoms with Crippen molar-refractivity contribution in [1.29, 1.82) is 0 Å². The number of rotatable bonds is 7. The molecular formula is C19H26N4O4. The summed E-state index contributed by atoms with van der Waals surface area (Å²) in [7, 11) is 1.58. The van der Waals surface area contributed by atoms with E-state index in [-0.39, 0.29) is 30.3 Å². The Hall–Kier alpha value is -2.77. The second-order valence-electron chi connectivity index (χ2n) is 6.85. The van der Waals surface area contributed by atoms with E-state index in [0.717, 1.165) is 25.1 Å². The number of benzene rings is 1. The maximum absolute atomic E-state index is 12.3. The van der Waals surface area contributed by atoms with Gasteiger partial charge in [-0.3, -0.25) is 9.59 Å². The summed E-state index contributed by atoms with van der Waals surface area (Å²) in [6.45, 7) is 2.41. The van der Waals surface area contributed by atoms with Crippen LogP contribution in [-0.2, 0) is 9.59 Å². The second kappa shape index (κ2) is 8.75. The first-order valence-corrected chi connectivity index (χ1v) is 9.33. The van der Waals surface area contributed by atoms with Gasteiger partial charge in [0.25, 0.3) is 0 Å². The number of carbonyl (C=O) groups is 3. The number of hydrogen-bond acceptors (Lipinski definition) is 4. The van der Waals surface area contributed by atoms with Gasteiger partial charge in [0.05, 0.1) is 13.2 Å². The Balaban J connectivity index is 1.41. The first-order valence-electron chi connectivity index (χ1n) is 9.33. The van der Waals surface area contributed by atoms with Crippen LogP contribution >= 0.6 is 0 Å². The summed E-state index contributed by atoms with van der Waals surface area (Å²) in [6, 6.07) is 6.79. The average molecular weight is 374 g/mol. The molecular weight excluding hydrogens is 348 g/mol. The number of anilines is 1. The molecule has 8 nitrogen and oxygen atoms in total. The minimum absolute atomic E-state index is 0.0268. The Bertz CT molecular complexity index is 709. The molecule has 27 heavy (non-hydrogen) atoms. The third kappa shape index (κ3) is 4.90. The Morgan fingerprint density at radius 3 is 2.89 bits per heavy atom. The van der Waals surface area contributed by atoms with Crippen molar-refractivity contribution in [3.8, 4) is 5.75 Å². The highest BCUT2D eigenvalue weighted by Gasteiger charge is 2.31. The molecule has 8 heteroatoms. The highest BCUT2D eigenvalue weighted by molar-refractivity contribution is 5.97. The Morgan fingerprint density at radius 2 is 2.15 bits per heavy atom. The number of nitrogens with one attached hydrogen (secondary N) is 2. The van der Waals surface area contributed by atoms with E-state index < -0.39 is 0 Å². The minimum Gasteiger partial charge on any atom is -0.497 e. The van der Waals surface area contributed by atoms with E-state index in [1.165, 1.54) is 0 Å². The molecule has 4 amide bonds. The van der Waals surface area contributed by atoms with Crippen molar-refractivity contribution in [1.82, 2.24) is 15.5 Å². The Labute approximate surface area is 158 Å². The molecule has 2 fully saturated rings.